The number of nitrogens with one attached hydrogen (secondary N) is 2. The van der Waals surface area contributed by atoms with E-state index in [1.165, 1.54) is 16.8 Å². The Morgan fingerprint density at radius 1 is 1.35 bits per heavy atom. The van der Waals surface area contributed by atoms with Gasteiger partial charge in [0.2, 0.25) is 4.77 Å². The summed E-state index contributed by atoms with van der Waals surface area (Å²) in [6.45, 7) is 1.64. The summed E-state index contributed by atoms with van der Waals surface area (Å²) in [7, 11) is -3.64. The fourth-order valence-corrected chi connectivity index (χ4v) is 2.62. The molecular formula is C9H10N4O2S2. The molecule has 1 aromatic heterocycles. The Hall–Kier alpha value is -1.67. The third kappa shape index (κ3) is 2.37. The lowest BCUT2D eigenvalue weighted by Gasteiger charge is -2.08. The van der Waals surface area contributed by atoms with Crippen molar-refractivity contribution >= 4 is 22.2 Å². The first kappa shape index (κ1) is 11.8. The summed E-state index contributed by atoms with van der Waals surface area (Å²) in [6.07, 6.45) is 0. The van der Waals surface area contributed by atoms with Gasteiger partial charge in [0.05, 0.1) is 4.90 Å². The highest BCUT2D eigenvalue weighted by Gasteiger charge is 2.15. The Kier molecular flexibility index (Phi) is 2.99. The standard InChI is InChI=1S/C9H10N4O2S2/c1-7-10-11-9(16)13(7)12-17(14,15)8-5-3-2-4-6-8/h2-6,12H,1H3,(H,11,16). The van der Waals surface area contributed by atoms with Gasteiger partial charge in [-0.3, -0.25) is 5.10 Å². The molecule has 0 bridgehead atoms. The number of H-pyrrole nitrogens is 1. The summed E-state index contributed by atoms with van der Waals surface area (Å²) < 4.78 is 25.4. The van der Waals surface area contributed by atoms with Crippen LogP contribution in [0, 0.1) is 11.7 Å². The third-order valence-electron chi connectivity index (χ3n) is 2.11. The zero-order valence-corrected chi connectivity index (χ0v) is 10.5. The minimum atomic E-state index is -3.64. The molecule has 0 fully saturated rings. The van der Waals surface area contributed by atoms with Crippen molar-refractivity contribution in [3.05, 3.63) is 40.9 Å². The van der Waals surface area contributed by atoms with Gasteiger partial charge in [0, 0.05) is 0 Å². The first-order valence-corrected chi connectivity index (χ1v) is 6.62. The highest BCUT2D eigenvalue weighted by Crippen LogP contribution is 2.08. The van der Waals surface area contributed by atoms with Gasteiger partial charge in [0.1, 0.15) is 5.82 Å². The zero-order chi connectivity index (χ0) is 12.5. The minimum Gasteiger partial charge on any atom is -0.250 e. The zero-order valence-electron chi connectivity index (χ0n) is 8.91. The normalized spacial score (nSPS) is 11.4. The van der Waals surface area contributed by atoms with Crippen molar-refractivity contribution in [2.24, 2.45) is 0 Å². The topological polar surface area (TPSA) is 79.8 Å². The van der Waals surface area contributed by atoms with Crippen molar-refractivity contribution in [1.29, 1.82) is 0 Å². The van der Waals surface area contributed by atoms with Crippen molar-refractivity contribution in [2.45, 2.75) is 11.8 Å². The van der Waals surface area contributed by atoms with Crippen LogP contribution in [-0.2, 0) is 10.0 Å². The Bertz CT molecular complexity index is 673. The van der Waals surface area contributed by atoms with E-state index in [1.807, 2.05) is 0 Å². The van der Waals surface area contributed by atoms with E-state index in [0.717, 1.165) is 0 Å². The molecule has 8 heteroatoms. The van der Waals surface area contributed by atoms with Crippen LogP contribution in [0.4, 0.5) is 0 Å². The van der Waals surface area contributed by atoms with E-state index in [2.05, 4.69) is 15.0 Å². The van der Waals surface area contributed by atoms with Crippen molar-refractivity contribution in [2.75, 3.05) is 4.83 Å². The molecule has 1 heterocycles. The van der Waals surface area contributed by atoms with Crippen LogP contribution in [0.25, 0.3) is 0 Å². The maximum Gasteiger partial charge on any atom is 0.275 e. The van der Waals surface area contributed by atoms with Crippen LogP contribution in [0.3, 0.4) is 0 Å². The maximum absolute atomic E-state index is 12.0. The lowest BCUT2D eigenvalue weighted by Crippen LogP contribution is -2.24. The molecule has 2 rings (SSSR count). The van der Waals surface area contributed by atoms with Gasteiger partial charge in [-0.25, -0.2) is 9.51 Å². The van der Waals surface area contributed by atoms with Gasteiger partial charge in [-0.2, -0.15) is 13.5 Å². The smallest absolute Gasteiger partial charge is 0.250 e. The van der Waals surface area contributed by atoms with Gasteiger partial charge in [0.15, 0.2) is 0 Å². The van der Waals surface area contributed by atoms with Crippen LogP contribution in [0.2, 0.25) is 0 Å². The maximum atomic E-state index is 12.0. The van der Waals surface area contributed by atoms with E-state index < -0.39 is 10.0 Å². The molecule has 0 aliphatic carbocycles. The molecule has 2 N–H and O–H groups in total. The van der Waals surface area contributed by atoms with E-state index in [1.54, 1.807) is 25.1 Å². The van der Waals surface area contributed by atoms with Gasteiger partial charge in [-0.15, -0.1) is 0 Å². The number of aromatic amines is 1. The van der Waals surface area contributed by atoms with Gasteiger partial charge in [0.25, 0.3) is 10.0 Å². The van der Waals surface area contributed by atoms with Crippen molar-refractivity contribution in [3.63, 3.8) is 0 Å². The van der Waals surface area contributed by atoms with Gasteiger partial charge < -0.3 is 0 Å². The fourth-order valence-electron chi connectivity index (χ4n) is 1.26. The van der Waals surface area contributed by atoms with Gasteiger partial charge in [-0.05, 0) is 31.3 Å². The Morgan fingerprint density at radius 3 is 2.53 bits per heavy atom. The fraction of sp³-hybridized carbons (Fsp3) is 0.111. The molecule has 0 saturated carbocycles. The van der Waals surface area contributed by atoms with Crippen LogP contribution in [0.5, 0.6) is 0 Å². The number of nitrogens with zero attached hydrogens (tertiary/aromatic N) is 2. The van der Waals surface area contributed by atoms with Crippen LogP contribution in [-0.4, -0.2) is 23.3 Å². The molecule has 0 aliphatic heterocycles. The second-order valence-electron chi connectivity index (χ2n) is 3.32. The lowest BCUT2D eigenvalue weighted by atomic mass is 10.4. The number of aromatic nitrogens is 3. The number of benzene rings is 1. The summed E-state index contributed by atoms with van der Waals surface area (Å²) in [5, 5.41) is 6.31. The Balaban J connectivity index is 2.40. The molecule has 0 amide bonds. The number of hydrogen-bond donors (Lipinski definition) is 2. The van der Waals surface area contributed by atoms with Gasteiger partial charge >= 0.3 is 0 Å². The number of hydrogen-bond acceptors (Lipinski definition) is 4. The molecule has 0 radical (unpaired) electrons. The highest BCUT2D eigenvalue weighted by atomic mass is 32.2. The molecule has 17 heavy (non-hydrogen) atoms. The number of sulfonamides is 1. The summed E-state index contributed by atoms with van der Waals surface area (Å²) in [5.74, 6) is 0.439. The number of aryl methyl sites for hydroxylation is 1. The first-order valence-electron chi connectivity index (χ1n) is 4.72. The first-order chi connectivity index (χ1) is 8.00. The SMILES string of the molecule is Cc1n[nH]c(=S)n1NS(=O)(=O)c1ccccc1. The third-order valence-corrected chi connectivity index (χ3v) is 3.69. The molecule has 90 valence electrons. The predicted molar refractivity (Wildman–Crippen MR) is 65.1 cm³/mol. The Labute approximate surface area is 103 Å². The van der Waals surface area contributed by atoms with E-state index in [9.17, 15) is 8.42 Å². The minimum absolute atomic E-state index is 0.169. The average Bonchev–Trinajstić information content (AvgIpc) is 2.62. The second kappa shape index (κ2) is 4.30. The molecule has 0 saturated heterocycles. The summed E-state index contributed by atoms with van der Waals surface area (Å²) in [5.41, 5.74) is 0. The molecule has 0 spiro atoms. The summed E-state index contributed by atoms with van der Waals surface area (Å²) in [6, 6.07) is 8.04. The van der Waals surface area contributed by atoms with E-state index in [0.29, 0.717) is 5.82 Å². The second-order valence-corrected chi connectivity index (χ2v) is 5.37. The van der Waals surface area contributed by atoms with E-state index in [4.69, 9.17) is 12.2 Å². The van der Waals surface area contributed by atoms with Crippen LogP contribution in [0.15, 0.2) is 35.2 Å². The summed E-state index contributed by atoms with van der Waals surface area (Å²) >= 11 is 4.91. The molecule has 0 unspecified atom stereocenters. The Morgan fingerprint density at radius 2 is 2.00 bits per heavy atom. The lowest BCUT2D eigenvalue weighted by molar-refractivity contribution is 0.594. The molecular weight excluding hydrogens is 260 g/mol. The van der Waals surface area contributed by atoms with Crippen LogP contribution in [0.1, 0.15) is 5.82 Å². The largest absolute Gasteiger partial charge is 0.275 e. The van der Waals surface area contributed by atoms with E-state index >= 15 is 0 Å². The number of rotatable bonds is 3. The molecule has 1 aromatic carbocycles. The van der Waals surface area contributed by atoms with Crippen LogP contribution >= 0.6 is 12.2 Å². The van der Waals surface area contributed by atoms with Gasteiger partial charge in [-0.1, -0.05) is 18.2 Å². The van der Waals surface area contributed by atoms with E-state index in [-0.39, 0.29) is 9.67 Å². The van der Waals surface area contributed by atoms with Crippen molar-refractivity contribution in [1.82, 2.24) is 14.9 Å². The molecule has 6 nitrogen and oxygen atoms in total. The summed E-state index contributed by atoms with van der Waals surface area (Å²) in [4.78, 5) is 2.51. The molecule has 2 aromatic rings. The molecule has 0 aliphatic rings. The van der Waals surface area contributed by atoms with Crippen molar-refractivity contribution < 1.29 is 8.42 Å². The average molecular weight is 270 g/mol. The van der Waals surface area contributed by atoms with Crippen LogP contribution < -0.4 is 4.83 Å². The highest BCUT2D eigenvalue weighted by molar-refractivity contribution is 7.92. The molecule has 0 atom stereocenters. The van der Waals surface area contributed by atoms with Crippen molar-refractivity contribution in [3.8, 4) is 0 Å². The quantitative estimate of drug-likeness (QED) is 0.821. The monoisotopic (exact) mass is 270 g/mol. The predicted octanol–water partition coefficient (Wildman–Crippen LogP) is 1.18.